The molecule has 2 aromatic rings. The summed E-state index contributed by atoms with van der Waals surface area (Å²) < 4.78 is 0.967. The number of amides is 2. The van der Waals surface area contributed by atoms with E-state index >= 15 is 0 Å². The van der Waals surface area contributed by atoms with Crippen molar-refractivity contribution in [3.63, 3.8) is 0 Å². The van der Waals surface area contributed by atoms with E-state index in [0.29, 0.717) is 30.6 Å². The third-order valence-electron chi connectivity index (χ3n) is 5.44. The number of anilines is 1. The number of carbonyl (C=O) groups is 2. The lowest BCUT2D eigenvalue weighted by Gasteiger charge is -2.22. The summed E-state index contributed by atoms with van der Waals surface area (Å²) in [6, 6.07) is 7.80. The smallest absolute Gasteiger partial charge is 0.227 e. The Kier molecular flexibility index (Phi) is 8.81. The topological polar surface area (TPSA) is 75.2 Å². The van der Waals surface area contributed by atoms with Crippen LogP contribution in [0.15, 0.2) is 28.7 Å². The number of hydrogen-bond donors (Lipinski definition) is 1. The van der Waals surface area contributed by atoms with E-state index in [1.165, 1.54) is 37.0 Å². The van der Waals surface area contributed by atoms with Crippen molar-refractivity contribution in [1.29, 1.82) is 0 Å². The van der Waals surface area contributed by atoms with Crippen LogP contribution in [0.3, 0.4) is 0 Å². The highest BCUT2D eigenvalue weighted by Gasteiger charge is 2.19. The first-order chi connectivity index (χ1) is 14.5. The van der Waals surface area contributed by atoms with E-state index in [2.05, 4.69) is 38.4 Å². The van der Waals surface area contributed by atoms with Crippen LogP contribution >= 0.6 is 27.3 Å². The Morgan fingerprint density at radius 3 is 2.73 bits per heavy atom. The quantitative estimate of drug-likeness (QED) is 0.474. The van der Waals surface area contributed by atoms with Gasteiger partial charge in [-0.3, -0.25) is 9.59 Å². The monoisotopic (exact) mass is 492 g/mol. The van der Waals surface area contributed by atoms with Gasteiger partial charge in [0.15, 0.2) is 0 Å². The van der Waals surface area contributed by atoms with E-state index in [1.54, 1.807) is 0 Å². The van der Waals surface area contributed by atoms with E-state index in [-0.39, 0.29) is 18.2 Å². The fourth-order valence-electron chi connectivity index (χ4n) is 3.85. The molecule has 8 heteroatoms. The first kappa shape index (κ1) is 22.9. The van der Waals surface area contributed by atoms with E-state index in [9.17, 15) is 9.59 Å². The molecule has 1 aliphatic rings. The Balaban J connectivity index is 1.47. The lowest BCUT2D eigenvalue weighted by Crippen LogP contribution is -2.34. The molecule has 30 heavy (non-hydrogen) atoms. The van der Waals surface area contributed by atoms with Crippen LogP contribution in [0.2, 0.25) is 0 Å². The van der Waals surface area contributed by atoms with Gasteiger partial charge < -0.3 is 10.2 Å². The fraction of sp³-hybridized carbons (Fsp3) is 0.545. The Bertz CT molecular complexity index is 851. The highest BCUT2D eigenvalue weighted by Crippen LogP contribution is 2.29. The molecule has 162 valence electrons. The molecule has 0 atom stereocenters. The molecule has 1 saturated carbocycles. The molecule has 6 nitrogen and oxygen atoms in total. The highest BCUT2D eigenvalue weighted by molar-refractivity contribution is 9.10. The van der Waals surface area contributed by atoms with Gasteiger partial charge in [-0.25, -0.2) is 0 Å². The van der Waals surface area contributed by atoms with Crippen LogP contribution in [-0.2, 0) is 9.59 Å². The Hall–Kier alpha value is -1.80. The summed E-state index contributed by atoms with van der Waals surface area (Å²) in [6.45, 7) is 3.20. The minimum Gasteiger partial charge on any atom is -0.342 e. The number of hydrogen-bond acceptors (Lipinski definition) is 5. The summed E-state index contributed by atoms with van der Waals surface area (Å²) in [7, 11) is 0. The van der Waals surface area contributed by atoms with Crippen molar-refractivity contribution in [3.05, 3.63) is 28.7 Å². The van der Waals surface area contributed by atoms with Crippen molar-refractivity contribution in [2.24, 2.45) is 5.92 Å². The van der Waals surface area contributed by atoms with Gasteiger partial charge in [0.05, 0.1) is 0 Å². The molecular weight excluding hydrogens is 464 g/mol. The number of nitrogens with zero attached hydrogens (tertiary/aromatic N) is 3. The third-order valence-corrected chi connectivity index (χ3v) is 6.82. The van der Waals surface area contributed by atoms with E-state index < -0.39 is 0 Å². The Morgan fingerprint density at radius 1 is 1.20 bits per heavy atom. The Morgan fingerprint density at radius 2 is 2.00 bits per heavy atom. The molecule has 3 rings (SSSR count). The second-order valence-corrected chi connectivity index (χ2v) is 9.68. The molecule has 0 radical (unpaired) electrons. The van der Waals surface area contributed by atoms with Crippen molar-refractivity contribution in [1.82, 2.24) is 15.1 Å². The van der Waals surface area contributed by atoms with Crippen LogP contribution in [0.1, 0.15) is 58.3 Å². The van der Waals surface area contributed by atoms with E-state index in [1.807, 2.05) is 29.2 Å². The van der Waals surface area contributed by atoms with Crippen LogP contribution in [0.5, 0.6) is 0 Å². The summed E-state index contributed by atoms with van der Waals surface area (Å²) in [6.07, 6.45) is 7.84. The van der Waals surface area contributed by atoms with Crippen LogP contribution in [0.4, 0.5) is 5.13 Å². The average molecular weight is 493 g/mol. The van der Waals surface area contributed by atoms with Gasteiger partial charge >= 0.3 is 0 Å². The van der Waals surface area contributed by atoms with Crippen LogP contribution in [-0.4, -0.2) is 40.0 Å². The van der Waals surface area contributed by atoms with Crippen molar-refractivity contribution < 1.29 is 9.59 Å². The second-order valence-electron chi connectivity index (χ2n) is 7.79. The minimum atomic E-state index is -0.142. The molecule has 2 amide bonds. The maximum Gasteiger partial charge on any atom is 0.227 e. The maximum atomic E-state index is 12.6. The lowest BCUT2D eigenvalue weighted by molar-refractivity contribution is -0.132. The molecule has 1 aromatic carbocycles. The first-order valence-corrected chi connectivity index (χ1v) is 12.3. The number of halogens is 1. The molecule has 1 aliphatic carbocycles. The Labute approximate surface area is 190 Å². The van der Waals surface area contributed by atoms with Crippen molar-refractivity contribution in [2.75, 3.05) is 18.4 Å². The van der Waals surface area contributed by atoms with Gasteiger partial charge in [-0.1, -0.05) is 72.0 Å². The lowest BCUT2D eigenvalue weighted by atomic mass is 10.0. The predicted octanol–water partition coefficient (Wildman–Crippen LogP) is 5.51. The minimum absolute atomic E-state index is 0.142. The molecule has 1 heterocycles. The van der Waals surface area contributed by atoms with Crippen molar-refractivity contribution in [3.8, 4) is 10.6 Å². The number of benzene rings is 1. The largest absolute Gasteiger partial charge is 0.342 e. The molecule has 1 fully saturated rings. The van der Waals surface area contributed by atoms with Gasteiger partial charge in [0.25, 0.3) is 0 Å². The summed E-state index contributed by atoms with van der Waals surface area (Å²) in [5.74, 6) is 0.735. The van der Waals surface area contributed by atoms with Crippen LogP contribution in [0.25, 0.3) is 10.6 Å². The number of nitrogens with one attached hydrogen (secondary N) is 1. The van der Waals surface area contributed by atoms with Gasteiger partial charge in [-0.2, -0.15) is 0 Å². The van der Waals surface area contributed by atoms with Gasteiger partial charge in [-0.15, -0.1) is 10.2 Å². The number of rotatable bonds is 10. The second kappa shape index (κ2) is 11.6. The molecular formula is C22H29BrN4O2S. The summed E-state index contributed by atoms with van der Waals surface area (Å²) >= 11 is 4.79. The van der Waals surface area contributed by atoms with Gasteiger partial charge in [0.1, 0.15) is 5.01 Å². The summed E-state index contributed by atoms with van der Waals surface area (Å²) in [5.41, 5.74) is 0.948. The zero-order chi connectivity index (χ0) is 21.3. The normalized spacial score (nSPS) is 14.1. The van der Waals surface area contributed by atoms with Crippen molar-refractivity contribution in [2.45, 2.75) is 58.3 Å². The average Bonchev–Trinajstić information content (AvgIpc) is 3.41. The van der Waals surface area contributed by atoms with Gasteiger partial charge in [0.2, 0.25) is 16.9 Å². The molecule has 0 aliphatic heterocycles. The first-order valence-electron chi connectivity index (χ1n) is 10.7. The van der Waals surface area contributed by atoms with Crippen LogP contribution in [0, 0.1) is 5.92 Å². The summed E-state index contributed by atoms with van der Waals surface area (Å²) in [4.78, 5) is 26.8. The molecule has 0 bridgehead atoms. The fourth-order valence-corrected chi connectivity index (χ4v) is 5.00. The zero-order valence-electron chi connectivity index (χ0n) is 17.4. The highest BCUT2D eigenvalue weighted by atomic mass is 79.9. The molecule has 0 unspecified atom stereocenters. The number of aromatic nitrogens is 2. The standard InChI is InChI=1S/C22H29BrN4O2S/c1-2-13-27(20(29)11-10-16-6-3-4-7-16)14-12-19(28)24-22-26-25-21(30-22)17-8-5-9-18(23)15-17/h5,8-9,15-16H,2-4,6-7,10-14H2,1H3,(H,24,26,28). The molecule has 0 saturated heterocycles. The van der Waals surface area contributed by atoms with Gasteiger partial charge in [0, 0.05) is 36.0 Å². The van der Waals surface area contributed by atoms with Crippen molar-refractivity contribution >= 4 is 44.2 Å². The third kappa shape index (κ3) is 6.87. The van der Waals surface area contributed by atoms with E-state index in [0.717, 1.165) is 27.9 Å². The summed E-state index contributed by atoms with van der Waals surface area (Å²) in [5, 5.41) is 12.3. The number of carbonyl (C=O) groups excluding carboxylic acids is 2. The maximum absolute atomic E-state index is 12.6. The molecule has 1 N–H and O–H groups in total. The SMILES string of the molecule is CCCN(CCC(=O)Nc1nnc(-c2cccc(Br)c2)s1)C(=O)CCC1CCCC1. The van der Waals surface area contributed by atoms with E-state index in [4.69, 9.17) is 0 Å². The zero-order valence-corrected chi connectivity index (χ0v) is 19.8. The molecule has 0 spiro atoms. The predicted molar refractivity (Wildman–Crippen MR) is 124 cm³/mol. The van der Waals surface area contributed by atoms with Gasteiger partial charge in [-0.05, 0) is 30.9 Å². The molecule has 1 aromatic heterocycles. The van der Waals surface area contributed by atoms with Crippen LogP contribution < -0.4 is 5.32 Å².